The van der Waals surface area contributed by atoms with E-state index < -0.39 is 23.3 Å². The van der Waals surface area contributed by atoms with Crippen LogP contribution in [0.5, 0.6) is 0 Å². The molecule has 0 aliphatic carbocycles. The Morgan fingerprint density at radius 2 is 2.07 bits per heavy atom. The average Bonchev–Trinajstić information content (AvgIpc) is 2.17. The number of benzene rings is 1. The maximum absolute atomic E-state index is 10.7. The van der Waals surface area contributed by atoms with Gasteiger partial charge in [-0.15, -0.1) is 0 Å². The molecule has 0 saturated carbocycles. The Morgan fingerprint density at radius 1 is 1.47 bits per heavy atom. The summed E-state index contributed by atoms with van der Waals surface area (Å²) >= 11 is -2.57. The quantitative estimate of drug-likeness (QED) is 0.698. The normalized spacial score (nSPS) is 14.5. The van der Waals surface area contributed by atoms with E-state index in [9.17, 15) is 13.6 Å². The van der Waals surface area contributed by atoms with E-state index >= 15 is 0 Å². The summed E-state index contributed by atoms with van der Waals surface area (Å²) in [6.07, 6.45) is 0.129. The summed E-state index contributed by atoms with van der Waals surface area (Å²) in [6.45, 7) is 0. The molecule has 0 radical (unpaired) electrons. The summed E-state index contributed by atoms with van der Waals surface area (Å²) in [5, 5.41) is 8.75. The van der Waals surface area contributed by atoms with Crippen LogP contribution in [0.2, 0.25) is 0 Å². The molecule has 15 heavy (non-hydrogen) atoms. The predicted molar refractivity (Wildman–Crippen MR) is 53.6 cm³/mol. The summed E-state index contributed by atoms with van der Waals surface area (Å²) in [4.78, 5) is 10.7. The SMILES string of the molecule is O=C(O)[C@@H](Cc1ccccc1)NS(=O)[O-]. The molecule has 0 heterocycles. The summed E-state index contributed by atoms with van der Waals surface area (Å²) in [6, 6.07) is 7.70. The lowest BCUT2D eigenvalue weighted by atomic mass is 10.1. The van der Waals surface area contributed by atoms with Gasteiger partial charge in [0.25, 0.3) is 0 Å². The summed E-state index contributed by atoms with van der Waals surface area (Å²) in [5.41, 5.74) is 0.767. The standard InChI is InChI=1S/C9H11NO4S/c11-9(12)8(10-15(13)14)6-7-4-2-1-3-5-7/h1-5,8,10H,6H2,(H,11,12)(H,13,14)/p-1/t8-/m1/s1. The van der Waals surface area contributed by atoms with Gasteiger partial charge in [-0.25, -0.2) is 4.72 Å². The van der Waals surface area contributed by atoms with E-state index in [1.165, 1.54) is 0 Å². The van der Waals surface area contributed by atoms with Crippen molar-refractivity contribution < 1.29 is 18.7 Å². The first-order valence-electron chi connectivity index (χ1n) is 4.22. The third-order valence-electron chi connectivity index (χ3n) is 1.82. The lowest BCUT2D eigenvalue weighted by Crippen LogP contribution is -2.39. The van der Waals surface area contributed by atoms with Gasteiger partial charge >= 0.3 is 5.97 Å². The minimum atomic E-state index is -2.57. The summed E-state index contributed by atoms with van der Waals surface area (Å²) in [7, 11) is 0. The number of carboxylic acids is 1. The molecule has 0 bridgehead atoms. The number of nitrogens with one attached hydrogen (secondary N) is 1. The molecule has 82 valence electrons. The Kier molecular flexibility index (Phi) is 4.41. The third kappa shape index (κ3) is 4.20. The van der Waals surface area contributed by atoms with Crippen molar-refractivity contribution in [2.75, 3.05) is 0 Å². The molecule has 0 aromatic heterocycles. The molecular formula is C9H10NO4S-. The van der Waals surface area contributed by atoms with Gasteiger partial charge in [-0.05, 0) is 12.0 Å². The second kappa shape index (κ2) is 5.59. The van der Waals surface area contributed by atoms with Crippen LogP contribution < -0.4 is 4.72 Å². The second-order valence-electron chi connectivity index (χ2n) is 2.93. The fourth-order valence-electron chi connectivity index (χ4n) is 1.15. The van der Waals surface area contributed by atoms with Crippen LogP contribution in [0.4, 0.5) is 0 Å². The van der Waals surface area contributed by atoms with E-state index in [-0.39, 0.29) is 6.42 Å². The molecule has 0 aliphatic heterocycles. The Morgan fingerprint density at radius 3 is 2.53 bits per heavy atom. The molecule has 2 atom stereocenters. The fourth-order valence-corrected chi connectivity index (χ4v) is 1.56. The monoisotopic (exact) mass is 228 g/mol. The van der Waals surface area contributed by atoms with E-state index in [1.54, 1.807) is 30.3 Å². The first-order chi connectivity index (χ1) is 7.09. The van der Waals surface area contributed by atoms with Crippen molar-refractivity contribution in [2.45, 2.75) is 12.5 Å². The second-order valence-corrected chi connectivity index (χ2v) is 3.64. The van der Waals surface area contributed by atoms with Crippen molar-refractivity contribution in [3.05, 3.63) is 35.9 Å². The Bertz CT molecular complexity index is 354. The van der Waals surface area contributed by atoms with Crippen molar-refractivity contribution in [1.29, 1.82) is 0 Å². The number of rotatable bonds is 5. The third-order valence-corrected chi connectivity index (χ3v) is 2.30. The van der Waals surface area contributed by atoms with Gasteiger partial charge in [-0.1, -0.05) is 30.3 Å². The van der Waals surface area contributed by atoms with E-state index in [4.69, 9.17) is 5.11 Å². The zero-order valence-electron chi connectivity index (χ0n) is 7.75. The highest BCUT2D eigenvalue weighted by atomic mass is 32.2. The summed E-state index contributed by atoms with van der Waals surface area (Å²) in [5.74, 6) is -1.19. The van der Waals surface area contributed by atoms with Crippen molar-refractivity contribution in [1.82, 2.24) is 4.72 Å². The van der Waals surface area contributed by atoms with Gasteiger partial charge in [0.15, 0.2) is 0 Å². The molecule has 0 fully saturated rings. The number of aliphatic carboxylic acids is 1. The highest BCUT2D eigenvalue weighted by Gasteiger charge is 2.17. The van der Waals surface area contributed by atoms with Gasteiger partial charge in [0.1, 0.15) is 6.04 Å². The Labute approximate surface area is 89.5 Å². The van der Waals surface area contributed by atoms with Crippen LogP contribution in [-0.4, -0.2) is 25.9 Å². The maximum atomic E-state index is 10.7. The van der Waals surface area contributed by atoms with E-state index in [2.05, 4.69) is 0 Å². The number of hydrogen-bond acceptors (Lipinski definition) is 3. The maximum Gasteiger partial charge on any atom is 0.321 e. The fraction of sp³-hybridized carbons (Fsp3) is 0.222. The van der Waals surface area contributed by atoms with Crippen molar-refractivity contribution in [3.8, 4) is 0 Å². The van der Waals surface area contributed by atoms with Gasteiger partial charge < -0.3 is 9.66 Å². The number of carbonyl (C=O) groups is 1. The minimum Gasteiger partial charge on any atom is -0.760 e. The molecule has 1 rings (SSSR count). The Balaban J connectivity index is 2.67. The van der Waals surface area contributed by atoms with Crippen LogP contribution in [0.25, 0.3) is 0 Å². The van der Waals surface area contributed by atoms with Gasteiger partial charge in [-0.2, -0.15) is 0 Å². The van der Waals surface area contributed by atoms with Gasteiger partial charge in [0.05, 0.1) is 0 Å². The number of carboxylic acid groups (broad SMARTS) is 1. The zero-order valence-corrected chi connectivity index (χ0v) is 8.57. The Hall–Kier alpha value is -1.24. The van der Waals surface area contributed by atoms with Crippen molar-refractivity contribution in [3.63, 3.8) is 0 Å². The predicted octanol–water partition coefficient (Wildman–Crippen LogP) is 0.0660. The lowest BCUT2D eigenvalue weighted by Gasteiger charge is -2.15. The first kappa shape index (κ1) is 11.8. The highest BCUT2D eigenvalue weighted by Crippen LogP contribution is 2.03. The van der Waals surface area contributed by atoms with Crippen LogP contribution in [0, 0.1) is 0 Å². The topological polar surface area (TPSA) is 89.5 Å². The largest absolute Gasteiger partial charge is 0.760 e. The molecule has 0 amide bonds. The molecule has 1 aromatic rings. The first-order valence-corrected chi connectivity index (χ1v) is 5.29. The molecule has 5 nitrogen and oxygen atoms in total. The molecule has 6 heteroatoms. The molecule has 2 N–H and O–H groups in total. The molecule has 0 aliphatic rings. The van der Waals surface area contributed by atoms with E-state index in [0.717, 1.165) is 5.56 Å². The number of hydrogen-bond donors (Lipinski definition) is 2. The van der Waals surface area contributed by atoms with E-state index in [1.807, 2.05) is 4.72 Å². The molecule has 1 aromatic carbocycles. The van der Waals surface area contributed by atoms with E-state index in [0.29, 0.717) is 0 Å². The minimum absolute atomic E-state index is 0.129. The van der Waals surface area contributed by atoms with Crippen LogP contribution >= 0.6 is 0 Å². The molecular weight excluding hydrogens is 218 g/mol. The van der Waals surface area contributed by atoms with Crippen molar-refractivity contribution >= 4 is 17.2 Å². The van der Waals surface area contributed by atoms with Crippen LogP contribution in [0.15, 0.2) is 30.3 Å². The van der Waals surface area contributed by atoms with Crippen LogP contribution in [0.3, 0.4) is 0 Å². The van der Waals surface area contributed by atoms with Gasteiger partial charge in [-0.3, -0.25) is 9.00 Å². The smallest absolute Gasteiger partial charge is 0.321 e. The van der Waals surface area contributed by atoms with Crippen LogP contribution in [0.1, 0.15) is 5.56 Å². The zero-order chi connectivity index (χ0) is 11.3. The van der Waals surface area contributed by atoms with Gasteiger partial charge in [0.2, 0.25) is 0 Å². The molecule has 0 saturated heterocycles. The summed E-state index contributed by atoms with van der Waals surface area (Å²) < 4.78 is 22.6. The molecule has 0 spiro atoms. The average molecular weight is 228 g/mol. The highest BCUT2D eigenvalue weighted by molar-refractivity contribution is 7.77. The molecule has 1 unspecified atom stereocenters. The van der Waals surface area contributed by atoms with Crippen LogP contribution in [-0.2, 0) is 22.5 Å². The van der Waals surface area contributed by atoms with Gasteiger partial charge in [0, 0.05) is 11.3 Å². The van der Waals surface area contributed by atoms with Crippen molar-refractivity contribution in [2.24, 2.45) is 0 Å². The lowest BCUT2D eigenvalue weighted by molar-refractivity contribution is -0.138.